The summed E-state index contributed by atoms with van der Waals surface area (Å²) in [6, 6.07) is 13.9. The summed E-state index contributed by atoms with van der Waals surface area (Å²) >= 11 is 0. The van der Waals surface area contributed by atoms with E-state index in [4.69, 9.17) is 4.74 Å². The molecule has 0 saturated carbocycles. The number of hydrogen-bond donors (Lipinski definition) is 1. The Labute approximate surface area is 119 Å². The molecule has 0 radical (unpaired) electrons. The molecule has 0 bridgehead atoms. The van der Waals surface area contributed by atoms with E-state index < -0.39 is 0 Å². The molecular formula is C17H19NO2. The molecule has 2 atom stereocenters. The second kappa shape index (κ2) is 6.06. The molecule has 0 saturated heterocycles. The normalized spacial score (nSPS) is 18.9. The van der Waals surface area contributed by atoms with E-state index in [0.717, 1.165) is 30.9 Å². The van der Waals surface area contributed by atoms with Crippen LogP contribution in [0.5, 0.6) is 5.75 Å². The molecule has 2 aromatic rings. The van der Waals surface area contributed by atoms with E-state index >= 15 is 0 Å². The number of aliphatic hydroxyl groups excluding tert-OH is 1. The van der Waals surface area contributed by atoms with Gasteiger partial charge in [0.2, 0.25) is 0 Å². The van der Waals surface area contributed by atoms with E-state index in [1.54, 1.807) is 6.20 Å². The molecular weight excluding hydrogens is 250 g/mol. The average molecular weight is 269 g/mol. The van der Waals surface area contributed by atoms with Gasteiger partial charge in [-0.15, -0.1) is 0 Å². The lowest BCUT2D eigenvalue weighted by Gasteiger charge is -2.27. The maximum absolute atomic E-state index is 10.3. The van der Waals surface area contributed by atoms with Crippen molar-refractivity contribution in [2.24, 2.45) is 0 Å². The van der Waals surface area contributed by atoms with Crippen molar-refractivity contribution in [2.75, 3.05) is 6.61 Å². The summed E-state index contributed by atoms with van der Waals surface area (Å²) < 4.78 is 5.66. The van der Waals surface area contributed by atoms with Gasteiger partial charge in [0.15, 0.2) is 0 Å². The van der Waals surface area contributed by atoms with Crippen molar-refractivity contribution in [3.05, 3.63) is 59.9 Å². The van der Waals surface area contributed by atoms with E-state index in [1.807, 2.05) is 36.4 Å². The molecule has 2 heterocycles. The maximum Gasteiger partial charge on any atom is 0.122 e. The Kier molecular flexibility index (Phi) is 3.97. The van der Waals surface area contributed by atoms with Crippen molar-refractivity contribution >= 4 is 0 Å². The highest BCUT2D eigenvalue weighted by Gasteiger charge is 2.23. The fourth-order valence-electron chi connectivity index (χ4n) is 2.83. The van der Waals surface area contributed by atoms with Gasteiger partial charge in [0.05, 0.1) is 12.7 Å². The number of fused-ring (bicyclic) bond motifs is 1. The lowest BCUT2D eigenvalue weighted by Crippen LogP contribution is -2.21. The van der Waals surface area contributed by atoms with Crippen LogP contribution in [0.15, 0.2) is 48.7 Å². The molecule has 3 heteroatoms. The van der Waals surface area contributed by atoms with Gasteiger partial charge < -0.3 is 9.84 Å². The quantitative estimate of drug-likeness (QED) is 0.928. The number of nitrogens with zero attached hydrogens (tertiary/aromatic N) is 1. The minimum atomic E-state index is -0.360. The molecule has 0 amide bonds. The van der Waals surface area contributed by atoms with Crippen LogP contribution in [0.25, 0.3) is 0 Å². The van der Waals surface area contributed by atoms with Crippen LogP contribution in [0.1, 0.15) is 30.0 Å². The number of aromatic nitrogens is 1. The van der Waals surface area contributed by atoms with Crippen molar-refractivity contribution in [2.45, 2.75) is 31.3 Å². The molecule has 1 aliphatic heterocycles. The van der Waals surface area contributed by atoms with Crippen LogP contribution in [-0.4, -0.2) is 22.8 Å². The van der Waals surface area contributed by atoms with Gasteiger partial charge in [-0.1, -0.05) is 24.3 Å². The minimum absolute atomic E-state index is 0.360. The van der Waals surface area contributed by atoms with Gasteiger partial charge in [-0.2, -0.15) is 0 Å². The van der Waals surface area contributed by atoms with Crippen molar-refractivity contribution in [3.63, 3.8) is 0 Å². The SMILES string of the molecule is OC(Cc1ccccn1)CC1CCOc2ccccc21. The van der Waals surface area contributed by atoms with Gasteiger partial charge in [0, 0.05) is 18.3 Å². The molecule has 1 N–H and O–H groups in total. The number of para-hydroxylation sites is 1. The van der Waals surface area contributed by atoms with Crippen LogP contribution in [0.4, 0.5) is 0 Å². The Hall–Kier alpha value is -1.87. The number of ether oxygens (including phenoxy) is 1. The van der Waals surface area contributed by atoms with Crippen molar-refractivity contribution in [1.29, 1.82) is 0 Å². The summed E-state index contributed by atoms with van der Waals surface area (Å²) in [7, 11) is 0. The van der Waals surface area contributed by atoms with Crippen LogP contribution in [0, 0.1) is 0 Å². The van der Waals surface area contributed by atoms with Crippen LogP contribution in [0.2, 0.25) is 0 Å². The molecule has 3 rings (SSSR count). The molecule has 2 unspecified atom stereocenters. The first kappa shape index (κ1) is 13.1. The van der Waals surface area contributed by atoms with Gasteiger partial charge in [0.25, 0.3) is 0 Å². The molecule has 3 nitrogen and oxygen atoms in total. The molecule has 0 fully saturated rings. The smallest absolute Gasteiger partial charge is 0.122 e. The summed E-state index contributed by atoms with van der Waals surface area (Å²) in [6.07, 6.45) is 3.75. The third-order valence-corrected chi connectivity index (χ3v) is 3.81. The first-order valence-corrected chi connectivity index (χ1v) is 7.12. The number of rotatable bonds is 4. The lowest BCUT2D eigenvalue weighted by molar-refractivity contribution is 0.142. The molecule has 20 heavy (non-hydrogen) atoms. The van der Waals surface area contributed by atoms with Gasteiger partial charge >= 0.3 is 0 Å². The molecule has 1 aromatic carbocycles. The second-order valence-corrected chi connectivity index (χ2v) is 5.29. The lowest BCUT2D eigenvalue weighted by atomic mass is 9.87. The van der Waals surface area contributed by atoms with Crippen molar-refractivity contribution in [3.8, 4) is 5.75 Å². The Morgan fingerprint density at radius 1 is 1.20 bits per heavy atom. The minimum Gasteiger partial charge on any atom is -0.493 e. The number of benzene rings is 1. The largest absolute Gasteiger partial charge is 0.493 e. The molecule has 1 aromatic heterocycles. The van der Waals surface area contributed by atoms with Gasteiger partial charge in [-0.05, 0) is 42.5 Å². The van der Waals surface area contributed by atoms with E-state index in [2.05, 4.69) is 11.1 Å². The average Bonchev–Trinajstić information content (AvgIpc) is 2.48. The van der Waals surface area contributed by atoms with Crippen molar-refractivity contribution in [1.82, 2.24) is 4.98 Å². The molecule has 0 spiro atoms. The van der Waals surface area contributed by atoms with E-state index in [9.17, 15) is 5.11 Å². The maximum atomic E-state index is 10.3. The van der Waals surface area contributed by atoms with Crippen LogP contribution in [0.3, 0.4) is 0 Å². The Balaban J connectivity index is 1.66. The van der Waals surface area contributed by atoms with Gasteiger partial charge in [-0.25, -0.2) is 0 Å². The summed E-state index contributed by atoms with van der Waals surface area (Å²) in [6.45, 7) is 0.734. The molecule has 104 valence electrons. The van der Waals surface area contributed by atoms with Crippen LogP contribution >= 0.6 is 0 Å². The second-order valence-electron chi connectivity index (χ2n) is 5.29. The predicted molar refractivity (Wildman–Crippen MR) is 77.9 cm³/mol. The highest BCUT2D eigenvalue weighted by molar-refractivity contribution is 5.37. The van der Waals surface area contributed by atoms with Gasteiger partial charge in [-0.3, -0.25) is 4.98 Å². The summed E-state index contributed by atoms with van der Waals surface area (Å²) in [5, 5.41) is 10.3. The van der Waals surface area contributed by atoms with E-state index in [1.165, 1.54) is 5.56 Å². The first-order chi connectivity index (χ1) is 9.83. The van der Waals surface area contributed by atoms with E-state index in [-0.39, 0.29) is 6.10 Å². The van der Waals surface area contributed by atoms with Crippen LogP contribution in [-0.2, 0) is 6.42 Å². The summed E-state index contributed by atoms with van der Waals surface area (Å²) in [4.78, 5) is 4.27. The van der Waals surface area contributed by atoms with E-state index in [0.29, 0.717) is 12.3 Å². The fraction of sp³-hybridized carbons (Fsp3) is 0.353. The Bertz CT molecular complexity index is 556. The zero-order valence-electron chi connectivity index (χ0n) is 11.4. The number of aliphatic hydroxyl groups is 1. The highest BCUT2D eigenvalue weighted by Crippen LogP contribution is 2.36. The number of hydrogen-bond acceptors (Lipinski definition) is 3. The third-order valence-electron chi connectivity index (χ3n) is 3.81. The standard InChI is InChI=1S/C17H19NO2/c19-15(12-14-5-3-4-9-18-14)11-13-8-10-20-17-7-2-1-6-16(13)17/h1-7,9,13,15,19H,8,10-12H2. The first-order valence-electron chi connectivity index (χ1n) is 7.12. The highest BCUT2D eigenvalue weighted by atomic mass is 16.5. The molecule has 1 aliphatic rings. The summed E-state index contributed by atoms with van der Waals surface area (Å²) in [5.41, 5.74) is 2.17. The third kappa shape index (κ3) is 2.99. The zero-order chi connectivity index (χ0) is 13.8. The predicted octanol–water partition coefficient (Wildman–Crippen LogP) is 2.94. The topological polar surface area (TPSA) is 42.4 Å². The monoisotopic (exact) mass is 269 g/mol. The van der Waals surface area contributed by atoms with Crippen LogP contribution < -0.4 is 4.74 Å². The fourth-order valence-corrected chi connectivity index (χ4v) is 2.83. The molecule has 0 aliphatic carbocycles. The zero-order valence-corrected chi connectivity index (χ0v) is 11.4. The summed E-state index contributed by atoms with van der Waals surface area (Å²) in [5.74, 6) is 1.34. The Morgan fingerprint density at radius 2 is 2.05 bits per heavy atom. The Morgan fingerprint density at radius 3 is 2.90 bits per heavy atom. The van der Waals surface area contributed by atoms with Crippen molar-refractivity contribution < 1.29 is 9.84 Å². The van der Waals surface area contributed by atoms with Gasteiger partial charge in [0.1, 0.15) is 5.75 Å². The number of pyridine rings is 1.